The van der Waals surface area contributed by atoms with Crippen molar-refractivity contribution in [3.8, 4) is 0 Å². The average molecular weight is 419 g/mol. The summed E-state index contributed by atoms with van der Waals surface area (Å²) >= 11 is 0. The average Bonchev–Trinajstić information content (AvgIpc) is 2.69. The number of ether oxygens (including phenoxy) is 2. The van der Waals surface area contributed by atoms with Crippen molar-refractivity contribution in [1.82, 2.24) is 9.80 Å². The van der Waals surface area contributed by atoms with E-state index in [0.29, 0.717) is 25.9 Å². The van der Waals surface area contributed by atoms with Crippen LogP contribution in [0.3, 0.4) is 0 Å². The van der Waals surface area contributed by atoms with Crippen LogP contribution in [0.2, 0.25) is 0 Å². The third-order valence-electron chi connectivity index (χ3n) is 4.88. The first-order chi connectivity index (χ1) is 14.1. The van der Waals surface area contributed by atoms with Crippen LogP contribution in [0, 0.1) is 5.92 Å². The minimum atomic E-state index is -0.587. The number of likely N-dealkylation sites (tertiary alicyclic amines) is 1. The summed E-state index contributed by atoms with van der Waals surface area (Å²) in [6, 6.07) is 9.69. The van der Waals surface area contributed by atoms with E-state index in [1.54, 1.807) is 9.80 Å². The molecule has 166 valence electrons. The van der Waals surface area contributed by atoms with Crippen molar-refractivity contribution in [3.63, 3.8) is 0 Å². The van der Waals surface area contributed by atoms with Gasteiger partial charge in [-0.2, -0.15) is 0 Å². The Morgan fingerprint density at radius 2 is 1.83 bits per heavy atom. The molecule has 1 unspecified atom stereocenters. The molecule has 7 heteroatoms. The second-order valence-corrected chi connectivity index (χ2v) is 8.97. The number of hydrogen-bond donors (Lipinski definition) is 0. The molecule has 1 aliphatic heterocycles. The normalized spacial score (nSPS) is 16.9. The van der Waals surface area contributed by atoms with Gasteiger partial charge in [0.1, 0.15) is 5.60 Å². The van der Waals surface area contributed by atoms with E-state index in [-0.39, 0.29) is 25.1 Å². The molecule has 30 heavy (non-hydrogen) atoms. The summed E-state index contributed by atoms with van der Waals surface area (Å²) in [6.45, 7) is 10.3. The molecule has 0 aromatic heterocycles. The van der Waals surface area contributed by atoms with Gasteiger partial charge in [0.2, 0.25) is 0 Å². The van der Waals surface area contributed by atoms with Gasteiger partial charge >= 0.3 is 12.1 Å². The fraction of sp³-hybridized carbons (Fsp3) is 0.609. The Labute approximate surface area is 179 Å². The van der Waals surface area contributed by atoms with Crippen LogP contribution < -0.4 is 0 Å². The Morgan fingerprint density at radius 1 is 1.17 bits per heavy atom. The zero-order chi connectivity index (χ0) is 22.3. The topological polar surface area (TPSA) is 76.2 Å². The summed E-state index contributed by atoms with van der Waals surface area (Å²) in [5.41, 5.74) is 0.432. The molecule has 1 saturated heterocycles. The standard InChI is InChI=1S/C23H34N2O5/c1-17(2)25(14-18-10-7-6-8-11-18)20(26)16-29-21(27)19-12-9-13-24(15-19)22(28)30-23(3,4)5/h6-8,10-11,17,19H,9,12-16H2,1-5H3. The van der Waals surface area contributed by atoms with Crippen molar-refractivity contribution < 1.29 is 23.9 Å². The molecule has 1 aliphatic rings. The SMILES string of the molecule is CC(C)N(Cc1ccccc1)C(=O)COC(=O)C1CCCN(C(=O)OC(C)(C)C)C1. The zero-order valence-corrected chi connectivity index (χ0v) is 18.7. The molecule has 0 aliphatic carbocycles. The minimum absolute atomic E-state index is 0.0197. The van der Waals surface area contributed by atoms with Gasteiger partial charge < -0.3 is 19.3 Å². The van der Waals surface area contributed by atoms with E-state index in [1.165, 1.54) is 0 Å². The molecule has 0 bridgehead atoms. The predicted molar refractivity (Wildman–Crippen MR) is 114 cm³/mol. The molecule has 0 radical (unpaired) electrons. The Morgan fingerprint density at radius 3 is 2.43 bits per heavy atom. The van der Waals surface area contributed by atoms with Gasteiger partial charge in [-0.15, -0.1) is 0 Å². The zero-order valence-electron chi connectivity index (χ0n) is 18.7. The fourth-order valence-corrected chi connectivity index (χ4v) is 3.33. The first-order valence-electron chi connectivity index (χ1n) is 10.5. The van der Waals surface area contributed by atoms with Gasteiger partial charge in [-0.1, -0.05) is 30.3 Å². The van der Waals surface area contributed by atoms with Gasteiger partial charge in [0.05, 0.1) is 5.92 Å². The summed E-state index contributed by atoms with van der Waals surface area (Å²) in [5, 5.41) is 0. The number of carbonyl (C=O) groups excluding carboxylic acids is 3. The van der Waals surface area contributed by atoms with Crippen molar-refractivity contribution in [1.29, 1.82) is 0 Å². The number of rotatable bonds is 6. The van der Waals surface area contributed by atoms with Crippen molar-refractivity contribution in [3.05, 3.63) is 35.9 Å². The van der Waals surface area contributed by atoms with Gasteiger partial charge in [0.25, 0.3) is 5.91 Å². The van der Waals surface area contributed by atoms with Gasteiger partial charge in [-0.3, -0.25) is 9.59 Å². The maximum Gasteiger partial charge on any atom is 0.410 e. The van der Waals surface area contributed by atoms with Gasteiger partial charge in [0, 0.05) is 25.7 Å². The first-order valence-corrected chi connectivity index (χ1v) is 10.5. The lowest BCUT2D eigenvalue weighted by molar-refractivity contribution is -0.157. The third kappa shape index (κ3) is 7.35. The molecule has 0 N–H and O–H groups in total. The van der Waals surface area contributed by atoms with Gasteiger partial charge in [-0.05, 0) is 53.0 Å². The molecule has 2 amide bonds. The summed E-state index contributed by atoms with van der Waals surface area (Å²) in [5.74, 6) is -1.12. The van der Waals surface area contributed by atoms with E-state index in [9.17, 15) is 14.4 Å². The molecule has 1 heterocycles. The van der Waals surface area contributed by atoms with E-state index >= 15 is 0 Å². The highest BCUT2D eigenvalue weighted by Gasteiger charge is 2.32. The maximum absolute atomic E-state index is 12.7. The van der Waals surface area contributed by atoms with Crippen LogP contribution in [0.5, 0.6) is 0 Å². The van der Waals surface area contributed by atoms with Crippen molar-refractivity contribution >= 4 is 18.0 Å². The highest BCUT2D eigenvalue weighted by Crippen LogP contribution is 2.20. The molecule has 1 atom stereocenters. The van der Waals surface area contributed by atoms with E-state index < -0.39 is 23.6 Å². The number of benzene rings is 1. The van der Waals surface area contributed by atoms with Crippen LogP contribution in [-0.4, -0.2) is 59.1 Å². The Balaban J connectivity index is 1.88. The second kappa shape index (κ2) is 10.5. The van der Waals surface area contributed by atoms with Crippen molar-refractivity contribution in [2.75, 3.05) is 19.7 Å². The van der Waals surface area contributed by atoms with Crippen LogP contribution in [-0.2, 0) is 25.6 Å². The monoisotopic (exact) mass is 418 g/mol. The van der Waals surface area contributed by atoms with Crippen LogP contribution in [0.15, 0.2) is 30.3 Å². The second-order valence-electron chi connectivity index (χ2n) is 8.97. The number of amides is 2. The lowest BCUT2D eigenvalue weighted by Crippen LogP contribution is -2.45. The van der Waals surface area contributed by atoms with Crippen LogP contribution >= 0.6 is 0 Å². The van der Waals surface area contributed by atoms with E-state index in [0.717, 1.165) is 5.56 Å². The molecule has 2 rings (SSSR count). The number of esters is 1. The molecule has 1 aromatic carbocycles. The minimum Gasteiger partial charge on any atom is -0.455 e. The largest absolute Gasteiger partial charge is 0.455 e. The summed E-state index contributed by atoms with van der Waals surface area (Å²) in [7, 11) is 0. The maximum atomic E-state index is 12.7. The Hall–Kier alpha value is -2.57. The smallest absolute Gasteiger partial charge is 0.410 e. The lowest BCUT2D eigenvalue weighted by Gasteiger charge is -2.33. The molecule has 0 saturated carbocycles. The van der Waals surface area contributed by atoms with Gasteiger partial charge in [0.15, 0.2) is 6.61 Å². The number of piperidine rings is 1. The molecule has 7 nitrogen and oxygen atoms in total. The molecule has 1 aromatic rings. The lowest BCUT2D eigenvalue weighted by atomic mass is 9.98. The van der Waals surface area contributed by atoms with E-state index in [1.807, 2.05) is 65.0 Å². The summed E-state index contributed by atoms with van der Waals surface area (Å²) in [4.78, 5) is 40.7. The van der Waals surface area contributed by atoms with E-state index in [2.05, 4.69) is 0 Å². The van der Waals surface area contributed by atoms with Crippen LogP contribution in [0.1, 0.15) is 53.0 Å². The fourth-order valence-electron chi connectivity index (χ4n) is 3.33. The van der Waals surface area contributed by atoms with Crippen LogP contribution in [0.4, 0.5) is 4.79 Å². The van der Waals surface area contributed by atoms with Gasteiger partial charge in [-0.25, -0.2) is 4.79 Å². The van der Waals surface area contributed by atoms with Crippen molar-refractivity contribution in [2.45, 2.75) is 65.6 Å². The Bertz CT molecular complexity index is 727. The number of hydrogen-bond acceptors (Lipinski definition) is 5. The predicted octanol–water partition coefficient (Wildman–Crippen LogP) is 3.61. The van der Waals surface area contributed by atoms with Crippen LogP contribution in [0.25, 0.3) is 0 Å². The number of carbonyl (C=O) groups is 3. The quantitative estimate of drug-likeness (QED) is 0.660. The molecule has 0 spiro atoms. The molecular weight excluding hydrogens is 384 g/mol. The molecule has 1 fully saturated rings. The Kier molecular flexibility index (Phi) is 8.26. The first kappa shape index (κ1) is 23.7. The highest BCUT2D eigenvalue weighted by atomic mass is 16.6. The summed E-state index contributed by atoms with van der Waals surface area (Å²) in [6.07, 6.45) is 0.897. The van der Waals surface area contributed by atoms with E-state index in [4.69, 9.17) is 9.47 Å². The number of nitrogens with zero attached hydrogens (tertiary/aromatic N) is 2. The third-order valence-corrected chi connectivity index (χ3v) is 4.88. The highest BCUT2D eigenvalue weighted by molar-refractivity contribution is 5.82. The van der Waals surface area contributed by atoms with Crippen molar-refractivity contribution in [2.24, 2.45) is 5.92 Å². The molecular formula is C23H34N2O5. The summed E-state index contributed by atoms with van der Waals surface area (Å²) < 4.78 is 10.7.